The van der Waals surface area contributed by atoms with Gasteiger partial charge in [0, 0.05) is 23.4 Å². The van der Waals surface area contributed by atoms with Crippen LogP contribution in [0.3, 0.4) is 0 Å². The Kier molecular flexibility index (Phi) is 7.56. The Morgan fingerprint density at radius 3 is 2.52 bits per heavy atom. The quantitative estimate of drug-likeness (QED) is 0.742. The van der Waals surface area contributed by atoms with Gasteiger partial charge in [0.15, 0.2) is 0 Å². The Bertz CT molecular complexity index is 538. The van der Waals surface area contributed by atoms with Crippen molar-refractivity contribution in [1.29, 1.82) is 0 Å². The summed E-state index contributed by atoms with van der Waals surface area (Å²) in [5.74, 6) is -0.00916. The smallest absolute Gasteiger partial charge is 0.225 e. The summed E-state index contributed by atoms with van der Waals surface area (Å²) >= 11 is 6.00. The summed E-state index contributed by atoms with van der Waals surface area (Å²) in [5, 5.41) is 6.53. The highest BCUT2D eigenvalue weighted by Crippen LogP contribution is 2.20. The third kappa shape index (κ3) is 7.04. The highest BCUT2D eigenvalue weighted by molar-refractivity contribution is 6.30. The van der Waals surface area contributed by atoms with E-state index >= 15 is 0 Å². The molecule has 5 heteroatoms. The van der Waals surface area contributed by atoms with Gasteiger partial charge in [-0.2, -0.15) is 0 Å². The molecule has 0 saturated heterocycles. The Morgan fingerprint density at radius 2 is 1.96 bits per heavy atom. The van der Waals surface area contributed by atoms with Crippen molar-refractivity contribution >= 4 is 23.4 Å². The zero-order valence-electron chi connectivity index (χ0n) is 14.4. The molecule has 2 N–H and O–H groups in total. The maximum Gasteiger partial charge on any atom is 0.225 e. The highest BCUT2D eigenvalue weighted by atomic mass is 35.5. The fourth-order valence-electron chi connectivity index (χ4n) is 2.13. The number of rotatable bonds is 7. The molecule has 0 bridgehead atoms. The molecule has 0 radical (unpaired) electrons. The van der Waals surface area contributed by atoms with E-state index in [2.05, 4.69) is 10.6 Å². The number of amides is 2. The van der Waals surface area contributed by atoms with E-state index in [0.29, 0.717) is 24.4 Å². The molecule has 0 saturated carbocycles. The molecular formula is C18H27ClN2O2. The van der Waals surface area contributed by atoms with Crippen LogP contribution in [0.1, 0.15) is 58.6 Å². The van der Waals surface area contributed by atoms with Gasteiger partial charge in [-0.1, -0.05) is 51.4 Å². The van der Waals surface area contributed by atoms with Gasteiger partial charge in [0.05, 0.1) is 6.04 Å². The fraction of sp³-hybridized carbons (Fsp3) is 0.556. The van der Waals surface area contributed by atoms with Gasteiger partial charge >= 0.3 is 0 Å². The van der Waals surface area contributed by atoms with Crippen molar-refractivity contribution in [2.24, 2.45) is 5.41 Å². The van der Waals surface area contributed by atoms with Crippen LogP contribution in [0.5, 0.6) is 0 Å². The zero-order chi connectivity index (χ0) is 17.5. The van der Waals surface area contributed by atoms with Crippen molar-refractivity contribution in [3.63, 3.8) is 0 Å². The molecule has 0 heterocycles. The Labute approximate surface area is 144 Å². The van der Waals surface area contributed by atoms with E-state index in [0.717, 1.165) is 12.0 Å². The summed E-state index contributed by atoms with van der Waals surface area (Å²) in [6.07, 6.45) is 1.81. The lowest BCUT2D eigenvalue weighted by Crippen LogP contribution is -2.36. The van der Waals surface area contributed by atoms with Crippen LogP contribution in [-0.2, 0) is 9.59 Å². The van der Waals surface area contributed by atoms with Crippen LogP contribution >= 0.6 is 11.6 Å². The number of hydrogen-bond donors (Lipinski definition) is 2. The van der Waals surface area contributed by atoms with E-state index in [-0.39, 0.29) is 17.9 Å². The van der Waals surface area contributed by atoms with E-state index in [4.69, 9.17) is 11.6 Å². The van der Waals surface area contributed by atoms with Gasteiger partial charge in [-0.3, -0.25) is 9.59 Å². The minimum Gasteiger partial charge on any atom is -0.356 e. The van der Waals surface area contributed by atoms with Gasteiger partial charge in [-0.15, -0.1) is 0 Å². The topological polar surface area (TPSA) is 58.2 Å². The summed E-state index contributed by atoms with van der Waals surface area (Å²) in [6.45, 7) is 8.14. The third-order valence-electron chi connectivity index (χ3n) is 3.54. The maximum absolute atomic E-state index is 12.1. The van der Waals surface area contributed by atoms with E-state index in [1.54, 1.807) is 0 Å². The number of carbonyl (C=O) groups excluding carboxylic acids is 2. The number of carbonyl (C=O) groups is 2. The fourth-order valence-corrected chi connectivity index (χ4v) is 2.33. The molecule has 0 aliphatic carbocycles. The predicted molar refractivity (Wildman–Crippen MR) is 94.3 cm³/mol. The predicted octanol–water partition coefficient (Wildman–Crippen LogP) is 3.85. The van der Waals surface area contributed by atoms with Gasteiger partial charge in [0.2, 0.25) is 11.8 Å². The molecular weight excluding hydrogens is 312 g/mol. The molecule has 4 nitrogen and oxygen atoms in total. The van der Waals surface area contributed by atoms with Crippen molar-refractivity contribution in [1.82, 2.24) is 10.6 Å². The molecule has 1 unspecified atom stereocenters. The molecule has 1 atom stereocenters. The first-order valence-electron chi connectivity index (χ1n) is 8.07. The van der Waals surface area contributed by atoms with E-state index in [9.17, 15) is 9.59 Å². The van der Waals surface area contributed by atoms with Gasteiger partial charge < -0.3 is 10.6 Å². The molecule has 0 aliphatic rings. The van der Waals surface area contributed by atoms with Crippen LogP contribution in [0.4, 0.5) is 0 Å². The average molecular weight is 339 g/mol. The lowest BCUT2D eigenvalue weighted by molar-refractivity contribution is -0.128. The van der Waals surface area contributed by atoms with Crippen LogP contribution in [0.25, 0.3) is 0 Å². The van der Waals surface area contributed by atoms with Crippen molar-refractivity contribution in [2.45, 2.75) is 53.0 Å². The lowest BCUT2D eigenvalue weighted by Gasteiger charge is -2.19. The van der Waals surface area contributed by atoms with Crippen molar-refractivity contribution in [3.8, 4) is 0 Å². The Balaban J connectivity index is 2.39. The molecule has 23 heavy (non-hydrogen) atoms. The first-order valence-corrected chi connectivity index (χ1v) is 8.45. The van der Waals surface area contributed by atoms with E-state index in [1.807, 2.05) is 52.0 Å². The largest absolute Gasteiger partial charge is 0.356 e. The van der Waals surface area contributed by atoms with E-state index < -0.39 is 5.41 Å². The first kappa shape index (κ1) is 19.5. The minimum atomic E-state index is -0.401. The molecule has 1 rings (SSSR count). The second-order valence-corrected chi connectivity index (χ2v) is 7.13. The van der Waals surface area contributed by atoms with Crippen molar-refractivity contribution in [3.05, 3.63) is 34.9 Å². The molecule has 0 aromatic heterocycles. The third-order valence-corrected chi connectivity index (χ3v) is 3.78. The monoisotopic (exact) mass is 338 g/mol. The Morgan fingerprint density at radius 1 is 1.26 bits per heavy atom. The molecule has 128 valence electrons. The highest BCUT2D eigenvalue weighted by Gasteiger charge is 2.20. The number of nitrogens with one attached hydrogen (secondary N) is 2. The number of hydrogen-bond acceptors (Lipinski definition) is 2. The van der Waals surface area contributed by atoms with Crippen LogP contribution in [0.15, 0.2) is 24.3 Å². The SMILES string of the molecule is CCC(NC(=O)CCCNC(=O)C(C)(C)C)c1cccc(Cl)c1. The van der Waals surface area contributed by atoms with Crippen LogP contribution in [0, 0.1) is 5.41 Å². The summed E-state index contributed by atoms with van der Waals surface area (Å²) in [5.41, 5.74) is 0.608. The van der Waals surface area contributed by atoms with Crippen LogP contribution < -0.4 is 10.6 Å². The molecule has 1 aromatic rings. The maximum atomic E-state index is 12.1. The van der Waals surface area contributed by atoms with Gasteiger partial charge in [0.25, 0.3) is 0 Å². The number of halogens is 1. The lowest BCUT2D eigenvalue weighted by atomic mass is 9.96. The van der Waals surface area contributed by atoms with Crippen molar-refractivity contribution < 1.29 is 9.59 Å². The standard InChI is InChI=1S/C18H27ClN2O2/c1-5-15(13-8-6-9-14(19)12-13)21-16(22)10-7-11-20-17(23)18(2,3)4/h6,8-9,12,15H,5,7,10-11H2,1-4H3,(H,20,23)(H,21,22). The molecule has 2 amide bonds. The second-order valence-electron chi connectivity index (χ2n) is 6.69. The first-order chi connectivity index (χ1) is 10.7. The van der Waals surface area contributed by atoms with Gasteiger partial charge in [0.1, 0.15) is 0 Å². The summed E-state index contributed by atoms with van der Waals surface area (Å²) in [6, 6.07) is 7.50. The summed E-state index contributed by atoms with van der Waals surface area (Å²) in [4.78, 5) is 23.8. The van der Waals surface area contributed by atoms with Gasteiger partial charge in [-0.05, 0) is 30.5 Å². The molecule has 0 spiro atoms. The molecule has 0 fully saturated rings. The summed E-state index contributed by atoms with van der Waals surface area (Å²) in [7, 11) is 0. The van der Waals surface area contributed by atoms with Crippen molar-refractivity contribution in [2.75, 3.05) is 6.54 Å². The minimum absolute atomic E-state index is 0.00303. The normalized spacial score (nSPS) is 12.6. The van der Waals surface area contributed by atoms with Crippen LogP contribution in [-0.4, -0.2) is 18.4 Å². The Hall–Kier alpha value is -1.55. The second kappa shape index (κ2) is 8.92. The average Bonchev–Trinajstić information content (AvgIpc) is 2.48. The molecule has 0 aliphatic heterocycles. The van der Waals surface area contributed by atoms with Crippen LogP contribution in [0.2, 0.25) is 5.02 Å². The van der Waals surface area contributed by atoms with E-state index in [1.165, 1.54) is 0 Å². The zero-order valence-corrected chi connectivity index (χ0v) is 15.2. The number of benzene rings is 1. The van der Waals surface area contributed by atoms with Gasteiger partial charge in [-0.25, -0.2) is 0 Å². The molecule has 1 aromatic carbocycles. The summed E-state index contributed by atoms with van der Waals surface area (Å²) < 4.78 is 0.